The average Bonchev–Trinajstić information content (AvgIpc) is 3.06. The summed E-state index contributed by atoms with van der Waals surface area (Å²) in [7, 11) is 0. The quantitative estimate of drug-likeness (QED) is 0.627. The van der Waals surface area contributed by atoms with Crippen molar-refractivity contribution in [2.45, 2.75) is 31.5 Å². The Morgan fingerprint density at radius 2 is 2.13 bits per heavy atom. The van der Waals surface area contributed by atoms with Crippen LogP contribution in [-0.4, -0.2) is 35.4 Å². The zero-order valence-electron chi connectivity index (χ0n) is 12.7. The molecule has 1 heterocycles. The van der Waals surface area contributed by atoms with E-state index in [-0.39, 0.29) is 25.4 Å². The van der Waals surface area contributed by atoms with Crippen LogP contribution in [0.5, 0.6) is 0 Å². The van der Waals surface area contributed by atoms with Crippen molar-refractivity contribution in [2.75, 3.05) is 6.54 Å². The molecule has 1 aromatic rings. The summed E-state index contributed by atoms with van der Waals surface area (Å²) < 4.78 is 5.14. The topological polar surface area (TPSA) is 96.4 Å². The number of ether oxygens (including phenoxy) is 1. The predicted molar refractivity (Wildman–Crippen MR) is 83.7 cm³/mol. The molecule has 23 heavy (non-hydrogen) atoms. The van der Waals surface area contributed by atoms with E-state index >= 15 is 0 Å². The summed E-state index contributed by atoms with van der Waals surface area (Å²) in [4.78, 5) is 25.3. The molecule has 1 aliphatic heterocycles. The Morgan fingerprint density at radius 1 is 1.39 bits per heavy atom. The number of carbonyl (C=O) groups excluding carboxylic acids is 2. The Hall–Kier alpha value is -2.65. The summed E-state index contributed by atoms with van der Waals surface area (Å²) in [5, 5.41) is 8.95. The first-order valence-corrected chi connectivity index (χ1v) is 7.43. The third-order valence-corrected chi connectivity index (χ3v) is 3.59. The molecular formula is C17H19N3O3. The van der Waals surface area contributed by atoms with Gasteiger partial charge in [-0.05, 0) is 18.1 Å². The SMILES string of the molecule is N#C[C@@H]1C=CCN1C(=O)[C@@H](N)CCC(=O)OCc1ccccc1. The van der Waals surface area contributed by atoms with Crippen LogP contribution < -0.4 is 5.73 Å². The van der Waals surface area contributed by atoms with Crippen LogP contribution in [-0.2, 0) is 20.9 Å². The molecule has 1 aromatic carbocycles. The molecule has 6 heteroatoms. The maximum absolute atomic E-state index is 12.2. The number of nitrogens with two attached hydrogens (primary N) is 1. The van der Waals surface area contributed by atoms with Crippen LogP contribution in [0.4, 0.5) is 0 Å². The molecule has 0 radical (unpaired) electrons. The van der Waals surface area contributed by atoms with Gasteiger partial charge in [-0.15, -0.1) is 0 Å². The van der Waals surface area contributed by atoms with Crippen molar-refractivity contribution in [2.24, 2.45) is 5.73 Å². The van der Waals surface area contributed by atoms with E-state index in [1.165, 1.54) is 4.90 Å². The highest BCUT2D eigenvalue weighted by Gasteiger charge is 2.28. The Morgan fingerprint density at radius 3 is 2.83 bits per heavy atom. The number of esters is 1. The molecule has 2 atom stereocenters. The van der Waals surface area contributed by atoms with Crippen molar-refractivity contribution < 1.29 is 14.3 Å². The number of benzene rings is 1. The number of hydrogen-bond acceptors (Lipinski definition) is 5. The van der Waals surface area contributed by atoms with Crippen LogP contribution in [0, 0.1) is 11.3 Å². The number of hydrogen-bond donors (Lipinski definition) is 1. The second kappa shape index (κ2) is 8.11. The molecule has 0 unspecified atom stereocenters. The monoisotopic (exact) mass is 313 g/mol. The fourth-order valence-electron chi connectivity index (χ4n) is 2.28. The fourth-order valence-corrected chi connectivity index (χ4v) is 2.28. The largest absolute Gasteiger partial charge is 0.461 e. The third kappa shape index (κ3) is 4.66. The molecule has 1 amide bonds. The van der Waals surface area contributed by atoms with Gasteiger partial charge in [0.25, 0.3) is 0 Å². The molecule has 0 aromatic heterocycles. The summed E-state index contributed by atoms with van der Waals surface area (Å²) in [6.45, 7) is 0.582. The van der Waals surface area contributed by atoms with Gasteiger partial charge in [0, 0.05) is 13.0 Å². The first-order chi connectivity index (χ1) is 11.1. The highest BCUT2D eigenvalue weighted by atomic mass is 16.5. The highest BCUT2D eigenvalue weighted by Crippen LogP contribution is 2.12. The molecule has 2 N–H and O–H groups in total. The minimum absolute atomic E-state index is 0.0677. The van der Waals surface area contributed by atoms with Gasteiger partial charge in [-0.3, -0.25) is 9.59 Å². The van der Waals surface area contributed by atoms with Gasteiger partial charge in [0.15, 0.2) is 0 Å². The summed E-state index contributed by atoms with van der Waals surface area (Å²) in [6, 6.07) is 10.00. The normalized spacial score (nSPS) is 17.6. The van der Waals surface area contributed by atoms with Gasteiger partial charge in [0.2, 0.25) is 5.91 Å². The van der Waals surface area contributed by atoms with Crippen molar-refractivity contribution in [3.63, 3.8) is 0 Å². The van der Waals surface area contributed by atoms with Gasteiger partial charge in [0.05, 0.1) is 12.1 Å². The molecular weight excluding hydrogens is 294 g/mol. The Labute approximate surface area is 135 Å². The zero-order valence-corrected chi connectivity index (χ0v) is 12.7. The van der Waals surface area contributed by atoms with Gasteiger partial charge in [0.1, 0.15) is 12.6 Å². The maximum Gasteiger partial charge on any atom is 0.306 e. The van der Waals surface area contributed by atoms with Gasteiger partial charge in [-0.1, -0.05) is 36.4 Å². The number of nitriles is 1. The standard InChI is InChI=1S/C17H19N3O3/c18-11-14-7-4-10-20(14)17(22)15(19)8-9-16(21)23-12-13-5-2-1-3-6-13/h1-7,14-15H,8-10,12,19H2/t14-,15-/m0/s1. The van der Waals surface area contributed by atoms with Crippen LogP contribution in [0.2, 0.25) is 0 Å². The lowest BCUT2D eigenvalue weighted by Gasteiger charge is -2.23. The third-order valence-electron chi connectivity index (χ3n) is 3.59. The van der Waals surface area contributed by atoms with E-state index < -0.39 is 18.1 Å². The van der Waals surface area contributed by atoms with Crippen molar-refractivity contribution in [1.82, 2.24) is 4.90 Å². The van der Waals surface area contributed by atoms with E-state index in [2.05, 4.69) is 0 Å². The summed E-state index contributed by atoms with van der Waals surface area (Å²) in [6.07, 6.45) is 3.69. The fraction of sp³-hybridized carbons (Fsp3) is 0.353. The van der Waals surface area contributed by atoms with Crippen molar-refractivity contribution in [3.8, 4) is 6.07 Å². The van der Waals surface area contributed by atoms with E-state index in [0.717, 1.165) is 5.56 Å². The van der Waals surface area contributed by atoms with E-state index in [9.17, 15) is 9.59 Å². The van der Waals surface area contributed by atoms with E-state index in [1.807, 2.05) is 36.4 Å². The average molecular weight is 313 g/mol. The number of nitrogens with zero attached hydrogens (tertiary/aromatic N) is 2. The molecule has 0 fully saturated rings. The molecule has 0 aliphatic carbocycles. The highest BCUT2D eigenvalue weighted by molar-refractivity contribution is 5.83. The summed E-state index contributed by atoms with van der Waals surface area (Å²) >= 11 is 0. The number of rotatable bonds is 6. The van der Waals surface area contributed by atoms with Crippen molar-refractivity contribution in [3.05, 3.63) is 48.0 Å². The van der Waals surface area contributed by atoms with Crippen LogP contribution in [0.15, 0.2) is 42.5 Å². The Bertz CT molecular complexity index is 622. The van der Waals surface area contributed by atoms with Crippen molar-refractivity contribution >= 4 is 11.9 Å². The van der Waals surface area contributed by atoms with Crippen LogP contribution >= 0.6 is 0 Å². The van der Waals surface area contributed by atoms with Crippen LogP contribution in [0.25, 0.3) is 0 Å². The lowest BCUT2D eigenvalue weighted by Crippen LogP contribution is -2.46. The van der Waals surface area contributed by atoms with Crippen molar-refractivity contribution in [1.29, 1.82) is 5.26 Å². The van der Waals surface area contributed by atoms with Crippen LogP contribution in [0.1, 0.15) is 18.4 Å². The maximum atomic E-state index is 12.2. The van der Waals surface area contributed by atoms with E-state index in [0.29, 0.717) is 6.54 Å². The molecule has 1 aliphatic rings. The van der Waals surface area contributed by atoms with Gasteiger partial charge < -0.3 is 15.4 Å². The summed E-state index contributed by atoms with van der Waals surface area (Å²) in [5.74, 6) is -0.717. The van der Waals surface area contributed by atoms with E-state index in [4.69, 9.17) is 15.7 Å². The lowest BCUT2D eigenvalue weighted by molar-refractivity contribution is -0.145. The van der Waals surface area contributed by atoms with Gasteiger partial charge >= 0.3 is 5.97 Å². The molecule has 120 valence electrons. The molecule has 0 saturated carbocycles. The minimum Gasteiger partial charge on any atom is -0.461 e. The second-order valence-electron chi connectivity index (χ2n) is 5.28. The minimum atomic E-state index is -0.810. The number of carbonyl (C=O) groups is 2. The zero-order chi connectivity index (χ0) is 16.7. The Kier molecular flexibility index (Phi) is 5.89. The number of amides is 1. The first kappa shape index (κ1) is 16.7. The van der Waals surface area contributed by atoms with Gasteiger partial charge in [-0.2, -0.15) is 5.26 Å². The second-order valence-corrected chi connectivity index (χ2v) is 5.28. The molecule has 6 nitrogen and oxygen atoms in total. The predicted octanol–water partition coefficient (Wildman–Crippen LogP) is 1.13. The first-order valence-electron chi connectivity index (χ1n) is 7.43. The molecule has 0 bridgehead atoms. The lowest BCUT2D eigenvalue weighted by atomic mass is 10.1. The smallest absolute Gasteiger partial charge is 0.306 e. The van der Waals surface area contributed by atoms with Crippen LogP contribution in [0.3, 0.4) is 0 Å². The van der Waals surface area contributed by atoms with E-state index in [1.54, 1.807) is 12.2 Å². The molecule has 0 spiro atoms. The summed E-state index contributed by atoms with van der Waals surface area (Å²) in [5.41, 5.74) is 6.74. The molecule has 2 rings (SSSR count). The van der Waals surface area contributed by atoms with Gasteiger partial charge in [-0.25, -0.2) is 0 Å². The Balaban J connectivity index is 1.73. The molecule has 0 saturated heterocycles.